The van der Waals surface area contributed by atoms with E-state index in [0.717, 1.165) is 17.7 Å². The Hall–Kier alpha value is -4.52. The van der Waals surface area contributed by atoms with E-state index in [4.69, 9.17) is 0 Å². The van der Waals surface area contributed by atoms with E-state index >= 15 is 0 Å². The van der Waals surface area contributed by atoms with Gasteiger partial charge in [0.25, 0.3) is 5.91 Å². The molecule has 4 rings (SSSR count). The van der Waals surface area contributed by atoms with Crippen LogP contribution in [0.25, 0.3) is 11.0 Å². The number of alkyl halides is 3. The number of aromatic nitrogens is 4. The highest BCUT2D eigenvalue weighted by molar-refractivity contribution is 6.05. The number of hydrogen-bond acceptors (Lipinski definition) is 9. The topological polar surface area (TPSA) is 102 Å². The van der Waals surface area contributed by atoms with Crippen LogP contribution in [0, 0.1) is 6.92 Å². The van der Waals surface area contributed by atoms with Crippen molar-refractivity contribution in [3.8, 4) is 0 Å². The van der Waals surface area contributed by atoms with Gasteiger partial charge in [-0.15, -0.1) is 0 Å². The molecule has 13 heteroatoms. The van der Waals surface area contributed by atoms with Crippen LogP contribution in [-0.4, -0.2) is 79.1 Å². The molecule has 0 atom stereocenters. The Morgan fingerprint density at radius 3 is 2.39 bits per heavy atom. The number of benzene rings is 2. The Labute approximate surface area is 236 Å². The minimum atomic E-state index is -4.57. The summed E-state index contributed by atoms with van der Waals surface area (Å²) < 4.78 is 41.1. The van der Waals surface area contributed by atoms with Gasteiger partial charge in [-0.25, -0.2) is 19.9 Å². The Balaban J connectivity index is 1.62. The summed E-state index contributed by atoms with van der Waals surface area (Å²) in [5.74, 6) is 0.344. The van der Waals surface area contributed by atoms with E-state index in [1.807, 2.05) is 40.0 Å². The quantitative estimate of drug-likeness (QED) is 0.295. The van der Waals surface area contributed by atoms with Gasteiger partial charge in [0.2, 0.25) is 5.95 Å². The summed E-state index contributed by atoms with van der Waals surface area (Å²) in [6.07, 6.45) is -1.59. The number of hydrogen-bond donors (Lipinski definition) is 2. The zero-order valence-electron chi connectivity index (χ0n) is 23.7. The van der Waals surface area contributed by atoms with E-state index in [1.165, 1.54) is 12.4 Å². The molecule has 216 valence electrons. The number of carbonyl (C=O) groups excluding carboxylic acids is 1. The third-order valence-corrected chi connectivity index (χ3v) is 6.34. The van der Waals surface area contributed by atoms with Crippen LogP contribution in [0.15, 0.2) is 48.9 Å². The SMILES string of the molecule is Cc1ccc(C(=O)Nc2cc(N(C)CCN(C)C)cc(C(F)(F)F)c2)cc1Nc1ncnc2cnc(N(C)C)nc12. The van der Waals surface area contributed by atoms with Crippen molar-refractivity contribution in [3.63, 3.8) is 0 Å². The number of fused-ring (bicyclic) bond motifs is 1. The number of likely N-dealkylation sites (N-methyl/N-ethyl adjacent to an activating group) is 2. The third kappa shape index (κ3) is 7.17. The van der Waals surface area contributed by atoms with Crippen LogP contribution in [-0.2, 0) is 6.18 Å². The first-order valence-corrected chi connectivity index (χ1v) is 12.7. The van der Waals surface area contributed by atoms with E-state index in [-0.39, 0.29) is 11.3 Å². The average molecular weight is 568 g/mol. The molecule has 0 spiro atoms. The van der Waals surface area contributed by atoms with E-state index in [0.29, 0.717) is 47.3 Å². The lowest BCUT2D eigenvalue weighted by Crippen LogP contribution is -2.28. The second-order valence-corrected chi connectivity index (χ2v) is 10.1. The number of nitrogens with one attached hydrogen (secondary N) is 2. The first-order chi connectivity index (χ1) is 19.3. The molecule has 0 aliphatic carbocycles. The second-order valence-electron chi connectivity index (χ2n) is 10.1. The second kappa shape index (κ2) is 11.9. The molecule has 0 saturated carbocycles. The van der Waals surface area contributed by atoms with Gasteiger partial charge >= 0.3 is 6.18 Å². The van der Waals surface area contributed by atoms with E-state index in [1.54, 1.807) is 41.2 Å². The van der Waals surface area contributed by atoms with Gasteiger partial charge in [0.15, 0.2) is 5.82 Å². The van der Waals surface area contributed by atoms with E-state index in [9.17, 15) is 18.0 Å². The molecule has 0 fully saturated rings. The molecule has 2 aromatic carbocycles. The zero-order valence-corrected chi connectivity index (χ0v) is 23.7. The van der Waals surface area contributed by atoms with Gasteiger partial charge in [-0.1, -0.05) is 6.07 Å². The van der Waals surface area contributed by atoms with Gasteiger partial charge in [0, 0.05) is 56.9 Å². The van der Waals surface area contributed by atoms with Gasteiger partial charge in [0.05, 0.1) is 11.8 Å². The molecule has 4 aromatic rings. The van der Waals surface area contributed by atoms with Gasteiger partial charge in [-0.3, -0.25) is 4.79 Å². The monoisotopic (exact) mass is 567 g/mol. The highest BCUT2D eigenvalue weighted by Gasteiger charge is 2.32. The fraction of sp³-hybridized carbons (Fsp3) is 0.321. The fourth-order valence-electron chi connectivity index (χ4n) is 3.93. The third-order valence-electron chi connectivity index (χ3n) is 6.34. The summed E-state index contributed by atoms with van der Waals surface area (Å²) in [7, 11) is 9.13. The molecule has 41 heavy (non-hydrogen) atoms. The molecule has 0 aliphatic heterocycles. The Morgan fingerprint density at radius 2 is 1.71 bits per heavy atom. The van der Waals surface area contributed by atoms with Crippen molar-refractivity contribution >= 4 is 45.8 Å². The molecule has 0 radical (unpaired) electrons. The van der Waals surface area contributed by atoms with Gasteiger partial charge in [-0.2, -0.15) is 13.2 Å². The van der Waals surface area contributed by atoms with Crippen molar-refractivity contribution in [2.75, 3.05) is 68.8 Å². The Kier molecular flexibility index (Phi) is 8.57. The van der Waals surface area contributed by atoms with Crippen LogP contribution >= 0.6 is 0 Å². The lowest BCUT2D eigenvalue weighted by molar-refractivity contribution is -0.137. The van der Waals surface area contributed by atoms with Crippen LogP contribution < -0.4 is 20.4 Å². The smallest absolute Gasteiger partial charge is 0.373 e. The largest absolute Gasteiger partial charge is 0.416 e. The first-order valence-electron chi connectivity index (χ1n) is 12.7. The lowest BCUT2D eigenvalue weighted by atomic mass is 10.1. The number of aryl methyl sites for hydroxylation is 1. The summed E-state index contributed by atoms with van der Waals surface area (Å²) in [6.45, 7) is 3.02. The Bertz CT molecular complexity index is 1560. The summed E-state index contributed by atoms with van der Waals surface area (Å²) in [5, 5.41) is 5.85. The maximum atomic E-state index is 13.7. The number of nitrogens with zero attached hydrogens (tertiary/aromatic N) is 7. The number of anilines is 5. The lowest BCUT2D eigenvalue weighted by Gasteiger charge is -2.23. The van der Waals surface area contributed by atoms with Crippen LogP contribution in [0.2, 0.25) is 0 Å². The predicted molar refractivity (Wildman–Crippen MR) is 155 cm³/mol. The first kappa shape index (κ1) is 29.5. The molecule has 0 saturated heterocycles. The number of carbonyl (C=O) groups is 1. The van der Waals surface area contributed by atoms with Crippen molar-refractivity contribution in [2.45, 2.75) is 13.1 Å². The highest BCUT2D eigenvalue weighted by Crippen LogP contribution is 2.34. The fourth-order valence-corrected chi connectivity index (χ4v) is 3.93. The number of rotatable bonds is 9. The van der Waals surface area contributed by atoms with E-state index < -0.39 is 17.6 Å². The standard InChI is InChI=1S/C28H32F3N9O/c1-17-7-8-18(11-22(17)36-25-24-23(33-16-34-25)15-32-27(37-24)39(4)5)26(41)35-20-12-19(28(29,30)31)13-21(14-20)40(6)10-9-38(2)3/h7-8,11-16H,9-10H2,1-6H3,(H,35,41)(H,33,34,36). The molecule has 2 heterocycles. The van der Waals surface area contributed by atoms with Gasteiger partial charge < -0.3 is 25.3 Å². The average Bonchev–Trinajstić information content (AvgIpc) is 2.92. The minimum absolute atomic E-state index is 0.0429. The normalized spacial score (nSPS) is 11.6. The summed E-state index contributed by atoms with van der Waals surface area (Å²) in [6, 6.07) is 8.52. The summed E-state index contributed by atoms with van der Waals surface area (Å²) in [5.41, 5.74) is 2.23. The maximum Gasteiger partial charge on any atom is 0.416 e. The molecule has 0 unspecified atom stereocenters. The molecular formula is C28H32F3N9O. The Morgan fingerprint density at radius 1 is 0.951 bits per heavy atom. The van der Waals surface area contributed by atoms with Crippen molar-refractivity contribution in [1.82, 2.24) is 24.8 Å². The molecule has 10 nitrogen and oxygen atoms in total. The van der Waals surface area contributed by atoms with Crippen LogP contribution in [0.4, 0.5) is 42.0 Å². The minimum Gasteiger partial charge on any atom is -0.373 e. The molecule has 2 aromatic heterocycles. The molecule has 0 aliphatic rings. The maximum absolute atomic E-state index is 13.7. The van der Waals surface area contributed by atoms with Crippen LogP contribution in [0.1, 0.15) is 21.5 Å². The highest BCUT2D eigenvalue weighted by atomic mass is 19.4. The van der Waals surface area contributed by atoms with Crippen molar-refractivity contribution in [1.29, 1.82) is 0 Å². The number of halogens is 3. The van der Waals surface area contributed by atoms with Gasteiger partial charge in [-0.05, 0) is 56.9 Å². The summed E-state index contributed by atoms with van der Waals surface area (Å²) in [4.78, 5) is 36.0. The van der Waals surface area contributed by atoms with E-state index in [2.05, 4.69) is 30.6 Å². The van der Waals surface area contributed by atoms with Gasteiger partial charge in [0.1, 0.15) is 17.4 Å². The molecule has 2 N–H and O–H groups in total. The van der Waals surface area contributed by atoms with Crippen molar-refractivity contribution in [3.05, 3.63) is 65.6 Å². The van der Waals surface area contributed by atoms with Crippen LogP contribution in [0.3, 0.4) is 0 Å². The van der Waals surface area contributed by atoms with Crippen LogP contribution in [0.5, 0.6) is 0 Å². The molecular weight excluding hydrogens is 535 g/mol. The molecule has 1 amide bonds. The molecule has 0 bridgehead atoms. The van der Waals surface area contributed by atoms with Crippen molar-refractivity contribution < 1.29 is 18.0 Å². The predicted octanol–water partition coefficient (Wildman–Crippen LogP) is 4.81. The zero-order chi connectivity index (χ0) is 29.9. The van der Waals surface area contributed by atoms with Crippen molar-refractivity contribution in [2.24, 2.45) is 0 Å². The summed E-state index contributed by atoms with van der Waals surface area (Å²) >= 11 is 0. The number of amides is 1.